The van der Waals surface area contributed by atoms with Crippen LogP contribution in [0.4, 0.5) is 0 Å². The lowest BCUT2D eigenvalue weighted by atomic mass is 9.81. The molecule has 6 heteroatoms. The highest BCUT2D eigenvalue weighted by molar-refractivity contribution is 5.90. The van der Waals surface area contributed by atoms with Gasteiger partial charge in [-0.25, -0.2) is 4.79 Å². The SMILES string of the molecule is CCC(C)(C)c1cc(OCCOCCO)cc(C(=O)OCC[N+](C)(C)C)c1. The van der Waals surface area contributed by atoms with Crippen molar-refractivity contribution < 1.29 is 28.6 Å². The van der Waals surface area contributed by atoms with Gasteiger partial charge in [0.15, 0.2) is 0 Å². The van der Waals surface area contributed by atoms with E-state index >= 15 is 0 Å². The molecule has 0 aliphatic carbocycles. The van der Waals surface area contributed by atoms with Gasteiger partial charge in [-0.1, -0.05) is 20.8 Å². The predicted octanol–water partition coefficient (Wildman–Crippen LogP) is 2.62. The molecule has 0 aliphatic heterocycles. The van der Waals surface area contributed by atoms with Crippen molar-refractivity contribution in [1.29, 1.82) is 0 Å². The Morgan fingerprint density at radius 1 is 1.07 bits per heavy atom. The van der Waals surface area contributed by atoms with Crippen LogP contribution in [0, 0.1) is 0 Å². The molecule has 0 atom stereocenters. The summed E-state index contributed by atoms with van der Waals surface area (Å²) in [4.78, 5) is 12.5. The van der Waals surface area contributed by atoms with Crippen molar-refractivity contribution in [2.75, 3.05) is 60.7 Å². The quantitative estimate of drug-likeness (QED) is 0.342. The number of quaternary nitrogens is 1. The van der Waals surface area contributed by atoms with Crippen molar-refractivity contribution in [3.63, 3.8) is 0 Å². The molecule has 0 radical (unpaired) electrons. The van der Waals surface area contributed by atoms with Crippen LogP contribution in [0.25, 0.3) is 0 Å². The predicted molar refractivity (Wildman–Crippen MR) is 106 cm³/mol. The summed E-state index contributed by atoms with van der Waals surface area (Å²) in [6.45, 7) is 8.53. The summed E-state index contributed by atoms with van der Waals surface area (Å²) < 4.78 is 17.2. The van der Waals surface area contributed by atoms with E-state index in [9.17, 15) is 4.79 Å². The summed E-state index contributed by atoms with van der Waals surface area (Å²) in [5, 5.41) is 8.74. The zero-order valence-electron chi connectivity index (χ0n) is 17.7. The number of carbonyl (C=O) groups excluding carboxylic acids is 1. The molecular weight excluding hydrogens is 346 g/mol. The molecule has 0 amide bonds. The minimum Gasteiger partial charge on any atom is -0.491 e. The van der Waals surface area contributed by atoms with Crippen molar-refractivity contribution in [2.24, 2.45) is 0 Å². The van der Waals surface area contributed by atoms with Crippen molar-refractivity contribution in [2.45, 2.75) is 32.6 Å². The maximum Gasteiger partial charge on any atom is 0.338 e. The second-order valence-electron chi connectivity index (χ2n) is 8.32. The summed E-state index contributed by atoms with van der Waals surface area (Å²) in [6.07, 6.45) is 0.937. The van der Waals surface area contributed by atoms with Crippen LogP contribution in [0.1, 0.15) is 43.1 Å². The van der Waals surface area contributed by atoms with Gasteiger partial charge in [0, 0.05) is 0 Å². The number of ether oxygens (including phenoxy) is 3. The standard InChI is InChI=1S/C21H36NO5/c1-7-21(2,3)18-14-17(20(24)27-10-8-22(4,5)6)15-19(16-18)26-13-12-25-11-9-23/h14-16,23H,7-13H2,1-6H3/q+1. The van der Waals surface area contributed by atoms with Crippen molar-refractivity contribution in [1.82, 2.24) is 0 Å². The minimum atomic E-state index is -0.335. The van der Waals surface area contributed by atoms with E-state index in [-0.39, 0.29) is 24.6 Å². The molecule has 1 aromatic carbocycles. The van der Waals surface area contributed by atoms with Gasteiger partial charge in [-0.05, 0) is 35.6 Å². The zero-order valence-corrected chi connectivity index (χ0v) is 17.7. The zero-order chi connectivity index (χ0) is 20.5. The van der Waals surface area contributed by atoms with Gasteiger partial charge in [0.25, 0.3) is 0 Å². The summed E-state index contributed by atoms with van der Waals surface area (Å²) in [7, 11) is 6.18. The molecule has 0 heterocycles. The monoisotopic (exact) mass is 382 g/mol. The molecule has 0 bridgehead atoms. The Morgan fingerprint density at radius 3 is 2.37 bits per heavy atom. The minimum absolute atomic E-state index is 0.0105. The molecule has 1 aromatic rings. The smallest absolute Gasteiger partial charge is 0.338 e. The Morgan fingerprint density at radius 2 is 1.78 bits per heavy atom. The maximum absolute atomic E-state index is 12.5. The number of nitrogens with zero attached hydrogens (tertiary/aromatic N) is 1. The first-order chi connectivity index (χ1) is 12.6. The first-order valence-electron chi connectivity index (χ1n) is 9.53. The number of esters is 1. The Kier molecular flexibility index (Phi) is 9.22. The van der Waals surface area contributed by atoms with Crippen molar-refractivity contribution >= 4 is 5.97 Å². The molecule has 0 aliphatic rings. The van der Waals surface area contributed by atoms with E-state index in [1.807, 2.05) is 12.1 Å². The van der Waals surface area contributed by atoms with Crippen LogP contribution in [0.2, 0.25) is 0 Å². The fourth-order valence-electron chi connectivity index (χ4n) is 2.28. The number of benzene rings is 1. The highest BCUT2D eigenvalue weighted by Crippen LogP contribution is 2.31. The van der Waals surface area contributed by atoms with E-state index in [1.165, 1.54) is 0 Å². The third kappa shape index (κ3) is 8.73. The van der Waals surface area contributed by atoms with Crippen LogP contribution in [0.3, 0.4) is 0 Å². The van der Waals surface area contributed by atoms with Gasteiger partial charge in [-0.3, -0.25) is 0 Å². The number of aliphatic hydroxyl groups is 1. The van der Waals surface area contributed by atoms with E-state index in [0.717, 1.165) is 23.0 Å². The van der Waals surface area contributed by atoms with Crippen molar-refractivity contribution in [3.8, 4) is 5.75 Å². The Bertz CT molecular complexity index is 593. The Labute approximate surface area is 163 Å². The molecule has 0 unspecified atom stereocenters. The van der Waals surface area contributed by atoms with Crippen LogP contribution < -0.4 is 4.74 Å². The van der Waals surface area contributed by atoms with E-state index in [4.69, 9.17) is 19.3 Å². The molecule has 0 spiro atoms. The maximum atomic E-state index is 12.5. The molecule has 27 heavy (non-hydrogen) atoms. The number of hydrogen-bond donors (Lipinski definition) is 1. The average molecular weight is 383 g/mol. The molecule has 0 fully saturated rings. The Balaban J connectivity index is 2.89. The summed E-state index contributed by atoms with van der Waals surface area (Å²) in [6, 6.07) is 5.58. The van der Waals surface area contributed by atoms with Crippen LogP contribution >= 0.6 is 0 Å². The van der Waals surface area contributed by atoms with E-state index in [0.29, 0.717) is 31.1 Å². The van der Waals surface area contributed by atoms with Crippen LogP contribution in [0.15, 0.2) is 18.2 Å². The number of hydrogen-bond acceptors (Lipinski definition) is 5. The fraction of sp³-hybridized carbons (Fsp3) is 0.667. The third-order valence-electron chi connectivity index (χ3n) is 4.53. The third-order valence-corrected chi connectivity index (χ3v) is 4.53. The molecule has 0 saturated heterocycles. The normalized spacial score (nSPS) is 12.1. The van der Waals surface area contributed by atoms with Gasteiger partial charge < -0.3 is 23.8 Å². The summed E-state index contributed by atoms with van der Waals surface area (Å²) >= 11 is 0. The Hall–Kier alpha value is -1.63. The lowest BCUT2D eigenvalue weighted by Crippen LogP contribution is -2.38. The lowest BCUT2D eigenvalue weighted by molar-refractivity contribution is -0.870. The highest BCUT2D eigenvalue weighted by Gasteiger charge is 2.22. The van der Waals surface area contributed by atoms with E-state index in [2.05, 4.69) is 41.9 Å². The highest BCUT2D eigenvalue weighted by atomic mass is 16.5. The molecule has 0 saturated carbocycles. The summed E-state index contributed by atoms with van der Waals surface area (Å²) in [5.41, 5.74) is 1.46. The topological polar surface area (TPSA) is 65.0 Å². The van der Waals surface area contributed by atoms with Crippen molar-refractivity contribution in [3.05, 3.63) is 29.3 Å². The lowest BCUT2D eigenvalue weighted by Gasteiger charge is -2.25. The van der Waals surface area contributed by atoms with Gasteiger partial charge in [0.2, 0.25) is 0 Å². The van der Waals surface area contributed by atoms with Crippen LogP contribution in [-0.2, 0) is 14.9 Å². The van der Waals surface area contributed by atoms with Crippen LogP contribution in [-0.4, -0.2) is 76.3 Å². The number of carbonyl (C=O) groups is 1. The van der Waals surface area contributed by atoms with Gasteiger partial charge in [-0.2, -0.15) is 0 Å². The summed E-state index contributed by atoms with van der Waals surface area (Å²) in [5.74, 6) is 0.291. The first kappa shape index (κ1) is 23.4. The number of likely N-dealkylation sites (N-methyl/N-ethyl adjacent to an activating group) is 1. The van der Waals surface area contributed by atoms with Gasteiger partial charge in [0.1, 0.15) is 25.5 Å². The number of rotatable bonds is 12. The number of aliphatic hydroxyl groups excluding tert-OH is 1. The van der Waals surface area contributed by atoms with E-state index in [1.54, 1.807) is 6.07 Å². The first-order valence-corrected chi connectivity index (χ1v) is 9.53. The van der Waals surface area contributed by atoms with Crippen LogP contribution in [0.5, 0.6) is 5.75 Å². The van der Waals surface area contributed by atoms with Gasteiger partial charge in [0.05, 0.1) is 46.5 Å². The molecular formula is C21H36NO5+. The second kappa shape index (κ2) is 10.6. The molecule has 6 nitrogen and oxygen atoms in total. The van der Waals surface area contributed by atoms with Gasteiger partial charge >= 0.3 is 5.97 Å². The van der Waals surface area contributed by atoms with E-state index < -0.39 is 0 Å². The molecule has 1 N–H and O–H groups in total. The molecule has 1 rings (SSSR count). The van der Waals surface area contributed by atoms with Gasteiger partial charge in [-0.15, -0.1) is 0 Å². The second-order valence-corrected chi connectivity index (χ2v) is 8.32. The molecule has 0 aromatic heterocycles. The fourth-order valence-corrected chi connectivity index (χ4v) is 2.28. The average Bonchev–Trinajstić information content (AvgIpc) is 2.60. The largest absolute Gasteiger partial charge is 0.491 e. The molecule has 154 valence electrons.